The van der Waals surface area contributed by atoms with Crippen LogP contribution in [0.5, 0.6) is 0 Å². The van der Waals surface area contributed by atoms with Gasteiger partial charge in [0.25, 0.3) is 0 Å². The molecule has 0 amide bonds. The highest BCUT2D eigenvalue weighted by atomic mass is 32.1. The number of para-hydroxylation sites is 1. The molecule has 4 rings (SSSR count). The summed E-state index contributed by atoms with van der Waals surface area (Å²) < 4.78 is 0. The van der Waals surface area contributed by atoms with Gasteiger partial charge in [-0.15, -0.1) is 11.3 Å². The van der Waals surface area contributed by atoms with Crippen molar-refractivity contribution in [3.8, 4) is 0 Å². The lowest BCUT2D eigenvalue weighted by atomic mass is 9.87. The summed E-state index contributed by atoms with van der Waals surface area (Å²) >= 11 is 1.81. The van der Waals surface area contributed by atoms with Crippen molar-refractivity contribution in [1.29, 1.82) is 0 Å². The molecule has 150 valence electrons. The third-order valence-corrected chi connectivity index (χ3v) is 6.95. The maximum atomic E-state index is 4.34. The fourth-order valence-electron chi connectivity index (χ4n) is 4.24. The standard InChI is InChI=1S/C26H30N2S/c1-20-13-14-26(29-20)21(2)27-25(23-9-5-3-6-10-23)19-22-15-17-28(18-16-22)24-11-7-4-8-12-24/h3-14,22,25,27H,2,15-19H2,1H3. The fourth-order valence-corrected chi connectivity index (χ4v) is 5.04. The topological polar surface area (TPSA) is 15.3 Å². The van der Waals surface area contributed by atoms with Crippen molar-refractivity contribution >= 4 is 22.7 Å². The van der Waals surface area contributed by atoms with Gasteiger partial charge in [-0.3, -0.25) is 0 Å². The minimum absolute atomic E-state index is 0.305. The molecular formula is C26H30N2S. The predicted molar refractivity (Wildman–Crippen MR) is 126 cm³/mol. The highest BCUT2D eigenvalue weighted by Crippen LogP contribution is 2.32. The van der Waals surface area contributed by atoms with E-state index in [2.05, 4.69) is 96.5 Å². The zero-order valence-corrected chi connectivity index (χ0v) is 18.0. The highest BCUT2D eigenvalue weighted by Gasteiger charge is 2.24. The van der Waals surface area contributed by atoms with E-state index in [9.17, 15) is 0 Å². The Morgan fingerprint density at radius 2 is 1.66 bits per heavy atom. The number of nitrogens with one attached hydrogen (secondary N) is 1. The Kier molecular flexibility index (Phi) is 6.36. The van der Waals surface area contributed by atoms with Crippen molar-refractivity contribution in [2.75, 3.05) is 18.0 Å². The van der Waals surface area contributed by atoms with Crippen molar-refractivity contribution in [3.63, 3.8) is 0 Å². The molecule has 0 spiro atoms. The molecule has 2 aromatic carbocycles. The highest BCUT2D eigenvalue weighted by molar-refractivity contribution is 7.13. The molecule has 1 saturated heterocycles. The Morgan fingerprint density at radius 1 is 1.00 bits per heavy atom. The molecule has 1 fully saturated rings. The van der Waals surface area contributed by atoms with Crippen molar-refractivity contribution < 1.29 is 0 Å². The van der Waals surface area contributed by atoms with Gasteiger partial charge in [-0.2, -0.15) is 0 Å². The number of piperidine rings is 1. The molecule has 0 bridgehead atoms. The number of hydrogen-bond donors (Lipinski definition) is 1. The third-order valence-electron chi connectivity index (χ3n) is 5.89. The average Bonchev–Trinajstić information content (AvgIpc) is 3.21. The quantitative estimate of drug-likeness (QED) is 0.475. The molecule has 3 heteroatoms. The van der Waals surface area contributed by atoms with Crippen LogP contribution in [-0.2, 0) is 0 Å². The molecule has 1 aromatic heterocycles. The number of benzene rings is 2. The summed E-state index contributed by atoms with van der Waals surface area (Å²) in [5, 5.41) is 3.76. The first-order valence-corrected chi connectivity index (χ1v) is 11.4. The molecule has 2 nitrogen and oxygen atoms in total. The molecule has 0 saturated carbocycles. The Bertz CT molecular complexity index is 908. The van der Waals surface area contributed by atoms with Gasteiger partial charge >= 0.3 is 0 Å². The van der Waals surface area contributed by atoms with Gasteiger partial charge in [-0.25, -0.2) is 0 Å². The van der Waals surface area contributed by atoms with Crippen LogP contribution in [0.2, 0.25) is 0 Å². The van der Waals surface area contributed by atoms with Crippen molar-refractivity contribution in [2.24, 2.45) is 5.92 Å². The summed E-state index contributed by atoms with van der Waals surface area (Å²) in [6.45, 7) is 8.77. The van der Waals surface area contributed by atoms with Crippen LogP contribution < -0.4 is 10.2 Å². The smallest absolute Gasteiger partial charge is 0.0516 e. The molecule has 0 aliphatic carbocycles. The summed E-state index contributed by atoms with van der Waals surface area (Å²) in [5.74, 6) is 0.727. The first-order chi connectivity index (χ1) is 14.2. The van der Waals surface area contributed by atoms with Crippen molar-refractivity contribution in [2.45, 2.75) is 32.2 Å². The summed E-state index contributed by atoms with van der Waals surface area (Å²) in [6, 6.07) is 26.3. The third kappa shape index (κ3) is 5.10. The molecule has 2 heterocycles. The van der Waals surface area contributed by atoms with E-state index in [0.29, 0.717) is 6.04 Å². The molecule has 1 aliphatic rings. The number of anilines is 1. The van der Waals surface area contributed by atoms with Crippen molar-refractivity contribution in [1.82, 2.24) is 5.32 Å². The Morgan fingerprint density at radius 3 is 2.28 bits per heavy atom. The Labute approximate surface area is 178 Å². The van der Waals surface area contributed by atoms with Gasteiger partial charge < -0.3 is 10.2 Å². The lowest BCUT2D eigenvalue weighted by Gasteiger charge is -2.35. The first kappa shape index (κ1) is 19.8. The molecule has 1 aliphatic heterocycles. The Hall–Kier alpha value is -2.52. The minimum atomic E-state index is 0.305. The zero-order valence-electron chi connectivity index (χ0n) is 17.2. The second kappa shape index (κ2) is 9.32. The molecular weight excluding hydrogens is 372 g/mol. The van der Waals surface area contributed by atoms with E-state index < -0.39 is 0 Å². The lowest BCUT2D eigenvalue weighted by Crippen LogP contribution is -2.35. The minimum Gasteiger partial charge on any atom is -0.378 e. The molecule has 0 radical (unpaired) electrons. The van der Waals surface area contributed by atoms with E-state index in [-0.39, 0.29) is 0 Å². The van der Waals surface area contributed by atoms with E-state index in [1.807, 2.05) is 11.3 Å². The molecule has 3 aromatic rings. The second-order valence-electron chi connectivity index (χ2n) is 8.00. The first-order valence-electron chi connectivity index (χ1n) is 10.6. The summed E-state index contributed by atoms with van der Waals surface area (Å²) in [4.78, 5) is 5.09. The van der Waals surface area contributed by atoms with Crippen LogP contribution in [0, 0.1) is 12.8 Å². The van der Waals surface area contributed by atoms with E-state index in [4.69, 9.17) is 0 Å². The molecule has 1 N–H and O–H groups in total. The number of hydrogen-bond acceptors (Lipinski definition) is 3. The van der Waals surface area contributed by atoms with Crippen LogP contribution in [0.3, 0.4) is 0 Å². The van der Waals surface area contributed by atoms with Crippen molar-refractivity contribution in [3.05, 3.63) is 94.7 Å². The zero-order chi connectivity index (χ0) is 20.1. The average molecular weight is 403 g/mol. The Balaban J connectivity index is 1.41. The van der Waals surface area contributed by atoms with Gasteiger partial charge in [-0.05, 0) is 61.9 Å². The van der Waals surface area contributed by atoms with Gasteiger partial charge in [0.1, 0.15) is 0 Å². The molecule has 1 atom stereocenters. The largest absolute Gasteiger partial charge is 0.378 e. The normalized spacial score (nSPS) is 15.8. The number of thiophene rings is 1. The predicted octanol–water partition coefficient (Wildman–Crippen LogP) is 6.66. The van der Waals surface area contributed by atoms with Crippen LogP contribution in [0.15, 0.2) is 79.4 Å². The van der Waals surface area contributed by atoms with Crippen LogP contribution in [0.25, 0.3) is 5.70 Å². The lowest BCUT2D eigenvalue weighted by molar-refractivity contribution is 0.344. The van der Waals surface area contributed by atoms with E-state index in [1.54, 1.807) is 0 Å². The summed E-state index contributed by atoms with van der Waals surface area (Å²) in [5.41, 5.74) is 3.75. The second-order valence-corrected chi connectivity index (χ2v) is 9.29. The number of nitrogens with zero attached hydrogens (tertiary/aromatic N) is 1. The van der Waals surface area contributed by atoms with Gasteiger partial charge in [0.2, 0.25) is 0 Å². The number of aryl methyl sites for hydroxylation is 1. The summed E-state index contributed by atoms with van der Waals surface area (Å²) in [6.07, 6.45) is 3.63. The van der Waals surface area contributed by atoms with Gasteiger partial charge in [0.15, 0.2) is 0 Å². The monoisotopic (exact) mass is 402 g/mol. The van der Waals surface area contributed by atoms with Crippen LogP contribution >= 0.6 is 11.3 Å². The maximum absolute atomic E-state index is 4.34. The number of rotatable bonds is 7. The van der Waals surface area contributed by atoms with E-state index >= 15 is 0 Å². The van der Waals surface area contributed by atoms with Crippen LogP contribution in [-0.4, -0.2) is 13.1 Å². The van der Waals surface area contributed by atoms with Gasteiger partial charge in [0.05, 0.1) is 6.04 Å². The fraction of sp³-hybridized carbons (Fsp3) is 0.308. The maximum Gasteiger partial charge on any atom is 0.0516 e. The van der Waals surface area contributed by atoms with E-state index in [0.717, 1.165) is 31.1 Å². The SMILES string of the molecule is C=C(NC(CC1CCN(c2ccccc2)CC1)c1ccccc1)c1ccc(C)s1. The molecule has 1 unspecified atom stereocenters. The molecule has 29 heavy (non-hydrogen) atoms. The van der Waals surface area contributed by atoms with Gasteiger partial charge in [-0.1, -0.05) is 55.1 Å². The van der Waals surface area contributed by atoms with E-state index in [1.165, 1.54) is 33.8 Å². The van der Waals surface area contributed by atoms with Gasteiger partial charge in [0, 0.05) is 34.2 Å². The van der Waals surface area contributed by atoms with Crippen LogP contribution in [0.4, 0.5) is 5.69 Å². The van der Waals surface area contributed by atoms with Crippen LogP contribution in [0.1, 0.15) is 40.6 Å². The summed E-state index contributed by atoms with van der Waals surface area (Å²) in [7, 11) is 0.